The topological polar surface area (TPSA) is 21.1 Å². The monoisotopic (exact) mass is 355 g/mol. The molecule has 1 aromatic carbocycles. The summed E-state index contributed by atoms with van der Waals surface area (Å²) in [5.74, 6) is -1.45. The van der Waals surface area contributed by atoms with Crippen LogP contribution in [0.15, 0.2) is 17.3 Å². The van der Waals surface area contributed by atoms with Crippen LogP contribution < -0.4 is 4.90 Å². The lowest BCUT2D eigenvalue weighted by Gasteiger charge is -2.33. The Hall–Kier alpha value is -1.63. The van der Waals surface area contributed by atoms with Crippen molar-refractivity contribution in [1.82, 2.24) is 9.55 Å². The van der Waals surface area contributed by atoms with Gasteiger partial charge in [-0.15, -0.1) is 0 Å². The van der Waals surface area contributed by atoms with E-state index >= 15 is 0 Å². The molecule has 0 atom stereocenters. The molecule has 0 amide bonds. The summed E-state index contributed by atoms with van der Waals surface area (Å²) in [6, 6.07) is 1.42. The SMILES string of the molecule is CSc1nc(C)c(N2CCC(C)CC2)n1-c1c(F)cc(F)cc1F. The Morgan fingerprint density at radius 1 is 1.12 bits per heavy atom. The maximum absolute atomic E-state index is 14.4. The van der Waals surface area contributed by atoms with Gasteiger partial charge < -0.3 is 4.90 Å². The molecule has 1 saturated heterocycles. The molecular weight excluding hydrogens is 335 g/mol. The van der Waals surface area contributed by atoms with Crippen molar-refractivity contribution < 1.29 is 13.2 Å². The van der Waals surface area contributed by atoms with E-state index in [1.54, 1.807) is 6.26 Å². The van der Waals surface area contributed by atoms with Gasteiger partial charge in [0, 0.05) is 25.2 Å². The van der Waals surface area contributed by atoms with Gasteiger partial charge in [-0.25, -0.2) is 18.2 Å². The van der Waals surface area contributed by atoms with Gasteiger partial charge in [-0.2, -0.15) is 0 Å². The highest BCUT2D eigenvalue weighted by atomic mass is 32.2. The van der Waals surface area contributed by atoms with Gasteiger partial charge >= 0.3 is 0 Å². The zero-order valence-corrected chi connectivity index (χ0v) is 14.8. The quantitative estimate of drug-likeness (QED) is 0.754. The van der Waals surface area contributed by atoms with Crippen molar-refractivity contribution >= 4 is 17.6 Å². The summed E-state index contributed by atoms with van der Waals surface area (Å²) >= 11 is 1.31. The number of rotatable bonds is 3. The lowest BCUT2D eigenvalue weighted by atomic mass is 9.99. The average Bonchev–Trinajstić information content (AvgIpc) is 2.84. The van der Waals surface area contributed by atoms with Crippen molar-refractivity contribution in [3.05, 3.63) is 35.3 Å². The zero-order valence-electron chi connectivity index (χ0n) is 13.9. The van der Waals surface area contributed by atoms with Crippen LogP contribution in [-0.2, 0) is 0 Å². The van der Waals surface area contributed by atoms with Crippen LogP contribution >= 0.6 is 11.8 Å². The van der Waals surface area contributed by atoms with Crippen molar-refractivity contribution in [1.29, 1.82) is 0 Å². The zero-order chi connectivity index (χ0) is 17.4. The summed E-state index contributed by atoms with van der Waals surface area (Å²) in [5.41, 5.74) is 0.451. The number of imidazole rings is 1. The third-order valence-electron chi connectivity index (χ3n) is 4.46. The fourth-order valence-electron chi connectivity index (χ4n) is 3.17. The molecule has 0 bridgehead atoms. The Morgan fingerprint density at radius 3 is 2.25 bits per heavy atom. The van der Waals surface area contributed by atoms with E-state index in [0.717, 1.165) is 31.6 Å². The van der Waals surface area contributed by atoms with Crippen LogP contribution in [0.2, 0.25) is 0 Å². The number of aryl methyl sites for hydroxylation is 1. The van der Waals surface area contributed by atoms with E-state index in [0.29, 0.717) is 29.0 Å². The molecule has 3 nitrogen and oxygen atoms in total. The highest BCUT2D eigenvalue weighted by Crippen LogP contribution is 2.35. The minimum Gasteiger partial charge on any atom is -0.356 e. The number of piperidine rings is 1. The van der Waals surface area contributed by atoms with Gasteiger partial charge in [0.05, 0.1) is 5.69 Å². The first-order valence-corrected chi connectivity index (χ1v) is 9.18. The molecule has 0 spiro atoms. The Balaban J connectivity index is 2.17. The molecule has 2 heterocycles. The molecule has 0 saturated carbocycles. The van der Waals surface area contributed by atoms with Gasteiger partial charge in [-0.1, -0.05) is 18.7 Å². The smallest absolute Gasteiger partial charge is 0.174 e. The molecule has 3 rings (SSSR count). The summed E-state index contributed by atoms with van der Waals surface area (Å²) in [6.07, 6.45) is 3.85. The lowest BCUT2D eigenvalue weighted by Crippen LogP contribution is -2.34. The van der Waals surface area contributed by atoms with Crippen LogP contribution in [0.3, 0.4) is 0 Å². The molecular formula is C17H20F3N3S. The van der Waals surface area contributed by atoms with Crippen LogP contribution in [-0.4, -0.2) is 28.9 Å². The Bertz CT molecular complexity index is 729. The first-order chi connectivity index (χ1) is 11.4. The predicted octanol–water partition coefficient (Wildman–Crippen LogP) is 4.56. The predicted molar refractivity (Wildman–Crippen MR) is 90.6 cm³/mol. The van der Waals surface area contributed by atoms with Crippen LogP contribution in [0.5, 0.6) is 0 Å². The van der Waals surface area contributed by atoms with Crippen LogP contribution in [0, 0.1) is 30.3 Å². The molecule has 1 aliphatic rings. The molecule has 2 aromatic rings. The molecule has 130 valence electrons. The minimum atomic E-state index is -0.926. The van der Waals surface area contributed by atoms with E-state index in [1.165, 1.54) is 16.3 Å². The van der Waals surface area contributed by atoms with Crippen LogP contribution in [0.1, 0.15) is 25.5 Å². The molecule has 7 heteroatoms. The van der Waals surface area contributed by atoms with Gasteiger partial charge in [0.15, 0.2) is 16.8 Å². The summed E-state index contributed by atoms with van der Waals surface area (Å²) in [5, 5.41) is 0.491. The summed E-state index contributed by atoms with van der Waals surface area (Å²) in [6.45, 7) is 5.66. The third-order valence-corrected chi connectivity index (χ3v) is 5.10. The molecule has 1 fully saturated rings. The van der Waals surface area contributed by atoms with Gasteiger partial charge in [0.25, 0.3) is 0 Å². The van der Waals surface area contributed by atoms with Gasteiger partial charge in [-0.3, -0.25) is 4.57 Å². The summed E-state index contributed by atoms with van der Waals surface area (Å²) < 4.78 is 43.5. The normalized spacial score (nSPS) is 16.0. The van der Waals surface area contributed by atoms with E-state index in [1.807, 2.05) is 6.92 Å². The van der Waals surface area contributed by atoms with E-state index < -0.39 is 17.5 Å². The fourth-order valence-corrected chi connectivity index (χ4v) is 3.76. The molecule has 1 aromatic heterocycles. The summed E-state index contributed by atoms with van der Waals surface area (Å²) in [4.78, 5) is 6.58. The second-order valence-corrected chi connectivity index (χ2v) is 7.00. The van der Waals surface area contributed by atoms with Gasteiger partial charge in [0.1, 0.15) is 17.3 Å². The van der Waals surface area contributed by atoms with E-state index in [4.69, 9.17) is 0 Å². The molecule has 0 unspecified atom stereocenters. The van der Waals surface area contributed by atoms with Gasteiger partial charge in [0.2, 0.25) is 0 Å². The maximum atomic E-state index is 14.4. The number of hydrogen-bond donors (Lipinski definition) is 0. The molecule has 1 aliphatic heterocycles. The Kier molecular flexibility index (Phi) is 4.80. The molecule has 0 aliphatic carbocycles. The van der Waals surface area contributed by atoms with Gasteiger partial charge in [-0.05, 0) is 31.9 Å². The van der Waals surface area contributed by atoms with Crippen LogP contribution in [0.4, 0.5) is 19.0 Å². The summed E-state index contributed by atoms with van der Waals surface area (Å²) in [7, 11) is 0. The lowest BCUT2D eigenvalue weighted by molar-refractivity contribution is 0.434. The number of nitrogens with zero attached hydrogens (tertiary/aromatic N) is 3. The molecule has 24 heavy (non-hydrogen) atoms. The van der Waals surface area contributed by atoms with Crippen molar-refractivity contribution in [3.63, 3.8) is 0 Å². The number of hydrogen-bond acceptors (Lipinski definition) is 3. The average molecular weight is 355 g/mol. The van der Waals surface area contributed by atoms with Crippen LogP contribution in [0.25, 0.3) is 5.69 Å². The van der Waals surface area contributed by atoms with E-state index in [9.17, 15) is 13.2 Å². The molecule has 0 N–H and O–H groups in total. The largest absolute Gasteiger partial charge is 0.356 e. The third kappa shape index (κ3) is 3.01. The fraction of sp³-hybridized carbons (Fsp3) is 0.471. The van der Waals surface area contributed by atoms with Crippen molar-refractivity contribution in [3.8, 4) is 5.69 Å². The Morgan fingerprint density at radius 2 is 1.71 bits per heavy atom. The first-order valence-electron chi connectivity index (χ1n) is 7.95. The second kappa shape index (κ2) is 6.70. The highest BCUT2D eigenvalue weighted by Gasteiger charge is 2.27. The number of halogens is 3. The second-order valence-electron chi connectivity index (χ2n) is 6.23. The number of anilines is 1. The standard InChI is InChI=1S/C17H20F3N3S/c1-10-4-6-22(7-5-10)16-11(2)21-17(24-3)23(16)15-13(19)8-12(18)9-14(15)20/h8-10H,4-7H2,1-3H3. The van der Waals surface area contributed by atoms with Crippen molar-refractivity contribution in [2.24, 2.45) is 5.92 Å². The van der Waals surface area contributed by atoms with Crippen molar-refractivity contribution in [2.75, 3.05) is 24.2 Å². The number of aromatic nitrogens is 2. The Labute approximate surface area is 143 Å². The number of thioether (sulfide) groups is 1. The van der Waals surface area contributed by atoms with E-state index in [-0.39, 0.29) is 5.69 Å². The maximum Gasteiger partial charge on any atom is 0.174 e. The van der Waals surface area contributed by atoms with Crippen molar-refractivity contribution in [2.45, 2.75) is 31.8 Å². The van der Waals surface area contributed by atoms with E-state index in [2.05, 4.69) is 16.8 Å². The first kappa shape index (κ1) is 17.2. The minimum absolute atomic E-state index is 0.269. The number of benzene rings is 1. The molecule has 0 radical (unpaired) electrons. The highest BCUT2D eigenvalue weighted by molar-refractivity contribution is 7.98.